The van der Waals surface area contributed by atoms with E-state index in [0.717, 1.165) is 70.8 Å². The third kappa shape index (κ3) is 6.03. The summed E-state index contributed by atoms with van der Waals surface area (Å²) < 4.78 is 11.1. The molecule has 0 aliphatic heterocycles. The summed E-state index contributed by atoms with van der Waals surface area (Å²) >= 11 is 0. The predicted octanol–water partition coefficient (Wildman–Crippen LogP) is 8.50. The number of benzene rings is 5. The molecule has 0 aliphatic rings. The molecule has 0 heterocycles. The highest BCUT2D eigenvalue weighted by molar-refractivity contribution is 6.16. The Hall–Kier alpha value is -4.18. The Kier molecular flexibility index (Phi) is 8.29. The third-order valence-electron chi connectivity index (χ3n) is 6.97. The van der Waals surface area contributed by atoms with Crippen molar-refractivity contribution in [2.24, 2.45) is 0 Å². The van der Waals surface area contributed by atoms with Crippen LogP contribution < -0.4 is 0 Å². The standard InChI is InChI=1S/C34H32O4/c35-33(29-20-19-25-13-5-6-14-26(25)23-29)37-21-11-3-1-2-4-12-22-38-34(36)32-30-17-9-7-15-27(30)24-28-16-8-10-18-31(28)32/h5-10,13-20,23-24H,1-4,11-12,21-22H2. The zero-order valence-electron chi connectivity index (χ0n) is 21.5. The van der Waals surface area contributed by atoms with Crippen LogP contribution >= 0.6 is 0 Å². The Balaban J connectivity index is 0.997. The summed E-state index contributed by atoms with van der Waals surface area (Å²) in [5, 5.41) is 6.09. The highest BCUT2D eigenvalue weighted by Gasteiger charge is 2.16. The molecular formula is C34H32O4. The Morgan fingerprint density at radius 1 is 0.474 bits per heavy atom. The van der Waals surface area contributed by atoms with E-state index in [9.17, 15) is 9.59 Å². The molecule has 0 N–H and O–H groups in total. The second-order valence-corrected chi connectivity index (χ2v) is 9.65. The first-order valence-electron chi connectivity index (χ1n) is 13.4. The van der Waals surface area contributed by atoms with Gasteiger partial charge in [0.2, 0.25) is 0 Å². The number of carbonyl (C=O) groups excluding carboxylic acids is 2. The van der Waals surface area contributed by atoms with E-state index in [1.54, 1.807) is 0 Å². The molecule has 5 aromatic carbocycles. The number of unbranched alkanes of at least 4 members (excludes halogenated alkanes) is 5. The molecule has 0 radical (unpaired) electrons. The van der Waals surface area contributed by atoms with E-state index in [1.165, 1.54) is 0 Å². The van der Waals surface area contributed by atoms with Gasteiger partial charge < -0.3 is 9.47 Å². The van der Waals surface area contributed by atoms with Crippen LogP contribution in [0.3, 0.4) is 0 Å². The van der Waals surface area contributed by atoms with Crippen molar-refractivity contribution < 1.29 is 19.1 Å². The number of rotatable bonds is 11. The zero-order chi connectivity index (χ0) is 26.2. The molecule has 38 heavy (non-hydrogen) atoms. The van der Waals surface area contributed by atoms with E-state index < -0.39 is 0 Å². The lowest BCUT2D eigenvalue weighted by molar-refractivity contribution is 0.0486. The fourth-order valence-electron chi connectivity index (χ4n) is 4.95. The van der Waals surface area contributed by atoms with Gasteiger partial charge in [0.15, 0.2) is 0 Å². The molecule has 0 fully saturated rings. The number of esters is 2. The first-order chi connectivity index (χ1) is 18.7. The molecule has 0 saturated heterocycles. The molecule has 5 aromatic rings. The van der Waals surface area contributed by atoms with Crippen LogP contribution in [0, 0.1) is 0 Å². The second kappa shape index (κ2) is 12.4. The molecule has 0 unspecified atom stereocenters. The average molecular weight is 505 g/mol. The van der Waals surface area contributed by atoms with Crippen LogP contribution in [0.15, 0.2) is 97.1 Å². The monoisotopic (exact) mass is 504 g/mol. The van der Waals surface area contributed by atoms with Gasteiger partial charge in [-0.1, -0.05) is 105 Å². The fraction of sp³-hybridized carbons (Fsp3) is 0.235. The summed E-state index contributed by atoms with van der Waals surface area (Å²) in [5.41, 5.74) is 1.24. The summed E-state index contributed by atoms with van der Waals surface area (Å²) in [6.45, 7) is 0.849. The van der Waals surface area contributed by atoms with E-state index in [4.69, 9.17) is 9.47 Å². The number of hydrogen-bond donors (Lipinski definition) is 0. The predicted molar refractivity (Wildman–Crippen MR) is 154 cm³/mol. The van der Waals surface area contributed by atoms with Gasteiger partial charge in [0.05, 0.1) is 24.3 Å². The average Bonchev–Trinajstić information content (AvgIpc) is 2.96. The summed E-state index contributed by atoms with van der Waals surface area (Å²) in [6, 6.07) is 31.7. The number of ether oxygens (including phenoxy) is 2. The molecule has 0 amide bonds. The van der Waals surface area contributed by atoms with E-state index in [1.807, 2.05) is 91.0 Å². The Morgan fingerprint density at radius 3 is 1.61 bits per heavy atom. The molecule has 0 saturated carbocycles. The molecule has 0 aliphatic carbocycles. The van der Waals surface area contributed by atoms with Gasteiger partial charge in [-0.05, 0) is 63.4 Å². The minimum Gasteiger partial charge on any atom is -0.462 e. The lowest BCUT2D eigenvalue weighted by Crippen LogP contribution is -2.08. The van der Waals surface area contributed by atoms with E-state index in [0.29, 0.717) is 24.3 Å². The van der Waals surface area contributed by atoms with Crippen molar-refractivity contribution in [3.05, 3.63) is 108 Å². The van der Waals surface area contributed by atoms with E-state index >= 15 is 0 Å². The first kappa shape index (κ1) is 25.5. The van der Waals surface area contributed by atoms with Gasteiger partial charge in [-0.2, -0.15) is 0 Å². The van der Waals surface area contributed by atoms with Crippen LogP contribution in [-0.4, -0.2) is 25.2 Å². The minimum absolute atomic E-state index is 0.258. The highest BCUT2D eigenvalue weighted by Crippen LogP contribution is 2.29. The fourth-order valence-corrected chi connectivity index (χ4v) is 4.95. The molecule has 192 valence electrons. The van der Waals surface area contributed by atoms with Gasteiger partial charge in [0.25, 0.3) is 0 Å². The van der Waals surface area contributed by atoms with Gasteiger partial charge in [-0.25, -0.2) is 9.59 Å². The van der Waals surface area contributed by atoms with Crippen molar-refractivity contribution in [1.29, 1.82) is 0 Å². The van der Waals surface area contributed by atoms with Gasteiger partial charge >= 0.3 is 11.9 Å². The van der Waals surface area contributed by atoms with Crippen LogP contribution in [0.1, 0.15) is 59.2 Å². The SMILES string of the molecule is O=C(OCCCCCCCCOC(=O)c1c2ccccc2cc2ccccc12)c1ccc2ccccc2c1. The van der Waals surface area contributed by atoms with Gasteiger partial charge in [-0.3, -0.25) is 0 Å². The van der Waals surface area contributed by atoms with Gasteiger partial charge in [-0.15, -0.1) is 0 Å². The largest absolute Gasteiger partial charge is 0.462 e. The molecule has 0 bridgehead atoms. The number of carbonyl (C=O) groups is 2. The quantitative estimate of drug-likeness (QED) is 0.103. The summed E-state index contributed by atoms with van der Waals surface area (Å²) in [5.74, 6) is -0.525. The van der Waals surface area contributed by atoms with Crippen molar-refractivity contribution in [3.8, 4) is 0 Å². The van der Waals surface area contributed by atoms with Crippen molar-refractivity contribution in [2.45, 2.75) is 38.5 Å². The molecule has 0 atom stereocenters. The molecule has 0 spiro atoms. The molecule has 4 heteroatoms. The normalized spacial score (nSPS) is 11.2. The maximum atomic E-state index is 13.0. The topological polar surface area (TPSA) is 52.6 Å². The van der Waals surface area contributed by atoms with Crippen molar-refractivity contribution in [3.63, 3.8) is 0 Å². The molecule has 0 aromatic heterocycles. The van der Waals surface area contributed by atoms with Crippen molar-refractivity contribution in [1.82, 2.24) is 0 Å². The lowest BCUT2D eigenvalue weighted by Gasteiger charge is -2.11. The number of fused-ring (bicyclic) bond motifs is 3. The van der Waals surface area contributed by atoms with Crippen LogP contribution in [0.25, 0.3) is 32.3 Å². The maximum absolute atomic E-state index is 13.0. The van der Waals surface area contributed by atoms with Crippen LogP contribution in [0.4, 0.5) is 0 Å². The summed E-state index contributed by atoms with van der Waals surface area (Å²) in [4.78, 5) is 25.4. The smallest absolute Gasteiger partial charge is 0.339 e. The summed E-state index contributed by atoms with van der Waals surface area (Å²) in [6.07, 6.45) is 5.82. The highest BCUT2D eigenvalue weighted by atomic mass is 16.5. The molecular weight excluding hydrogens is 472 g/mol. The molecule has 5 rings (SSSR count). The number of hydrogen-bond acceptors (Lipinski definition) is 4. The summed E-state index contributed by atoms with van der Waals surface area (Å²) in [7, 11) is 0. The van der Waals surface area contributed by atoms with Gasteiger partial charge in [0, 0.05) is 0 Å². The third-order valence-corrected chi connectivity index (χ3v) is 6.97. The lowest BCUT2D eigenvalue weighted by atomic mass is 9.97. The van der Waals surface area contributed by atoms with E-state index in [2.05, 4.69) is 6.07 Å². The zero-order valence-corrected chi connectivity index (χ0v) is 21.5. The Morgan fingerprint density at radius 2 is 0.974 bits per heavy atom. The van der Waals surface area contributed by atoms with Crippen LogP contribution in [0.2, 0.25) is 0 Å². The van der Waals surface area contributed by atoms with Crippen molar-refractivity contribution >= 4 is 44.3 Å². The molecule has 4 nitrogen and oxygen atoms in total. The Labute approximate surface area is 223 Å². The van der Waals surface area contributed by atoms with Gasteiger partial charge in [0.1, 0.15) is 0 Å². The van der Waals surface area contributed by atoms with Crippen LogP contribution in [-0.2, 0) is 9.47 Å². The minimum atomic E-state index is -0.267. The van der Waals surface area contributed by atoms with E-state index in [-0.39, 0.29) is 11.9 Å². The first-order valence-corrected chi connectivity index (χ1v) is 13.4. The van der Waals surface area contributed by atoms with Crippen molar-refractivity contribution in [2.75, 3.05) is 13.2 Å². The Bertz CT molecular complexity index is 1520. The maximum Gasteiger partial charge on any atom is 0.339 e. The van der Waals surface area contributed by atoms with Crippen LogP contribution in [0.5, 0.6) is 0 Å². The second-order valence-electron chi connectivity index (χ2n) is 9.65.